The molecule has 1 rings (SSSR count). The van der Waals surface area contributed by atoms with Gasteiger partial charge < -0.3 is 19.3 Å². The van der Waals surface area contributed by atoms with Gasteiger partial charge in [0.1, 0.15) is 0 Å². The van der Waals surface area contributed by atoms with E-state index in [2.05, 4.69) is 19.2 Å². The first-order valence-corrected chi connectivity index (χ1v) is 4.40. The van der Waals surface area contributed by atoms with Crippen LogP contribution in [0.2, 0.25) is 0 Å². The van der Waals surface area contributed by atoms with Crippen molar-refractivity contribution in [2.75, 3.05) is 14.2 Å². The maximum Gasteiger partial charge on any atom is 0.574 e. The lowest BCUT2D eigenvalue weighted by Crippen LogP contribution is -2.20. The van der Waals surface area contributed by atoms with Gasteiger partial charge in [0.25, 0.3) is 0 Å². The number of halogens is 3. The molecule has 1 aromatic heterocycles. The number of pyridine rings is 1. The van der Waals surface area contributed by atoms with Gasteiger partial charge in [-0.25, -0.2) is 9.78 Å². The highest BCUT2D eigenvalue weighted by Crippen LogP contribution is 2.37. The summed E-state index contributed by atoms with van der Waals surface area (Å²) in [6.07, 6.45) is -4.38. The zero-order chi connectivity index (χ0) is 13.9. The lowest BCUT2D eigenvalue weighted by molar-refractivity contribution is -0.276. The van der Waals surface area contributed by atoms with E-state index < -0.39 is 35.3 Å². The fourth-order valence-electron chi connectivity index (χ4n) is 1.14. The van der Waals surface area contributed by atoms with E-state index in [0.717, 1.165) is 14.2 Å². The molecule has 0 aromatic carbocycles. The van der Waals surface area contributed by atoms with Crippen molar-refractivity contribution in [3.8, 4) is 17.4 Å². The number of carbonyl (C=O) groups excluding carboxylic acids is 1. The van der Waals surface area contributed by atoms with E-state index in [-0.39, 0.29) is 0 Å². The molecule has 0 amide bonds. The SMILES string of the molecule is COC(=O)c1c(OC(F)(F)F)ncc(O)c1OC. The summed E-state index contributed by atoms with van der Waals surface area (Å²) in [7, 11) is 2.00. The average molecular weight is 267 g/mol. The maximum absolute atomic E-state index is 12.1. The maximum atomic E-state index is 12.1. The summed E-state index contributed by atoms with van der Waals surface area (Å²) < 4.78 is 48.8. The van der Waals surface area contributed by atoms with E-state index >= 15 is 0 Å². The van der Waals surface area contributed by atoms with Crippen LogP contribution < -0.4 is 9.47 Å². The highest BCUT2D eigenvalue weighted by atomic mass is 19.4. The van der Waals surface area contributed by atoms with Gasteiger partial charge in [0.15, 0.2) is 17.1 Å². The van der Waals surface area contributed by atoms with Crippen molar-refractivity contribution < 1.29 is 37.3 Å². The van der Waals surface area contributed by atoms with Crippen LogP contribution in [0.3, 0.4) is 0 Å². The van der Waals surface area contributed by atoms with E-state index in [0.29, 0.717) is 6.20 Å². The minimum Gasteiger partial charge on any atom is -0.503 e. The van der Waals surface area contributed by atoms with Crippen LogP contribution in [0, 0.1) is 0 Å². The van der Waals surface area contributed by atoms with Gasteiger partial charge in [-0.3, -0.25) is 0 Å². The fraction of sp³-hybridized carbons (Fsp3) is 0.333. The molecule has 0 aliphatic heterocycles. The Bertz CT molecular complexity index is 460. The molecule has 0 aliphatic rings. The number of hydrogen-bond acceptors (Lipinski definition) is 6. The Morgan fingerprint density at radius 3 is 2.44 bits per heavy atom. The molecule has 100 valence electrons. The molecule has 1 aromatic rings. The van der Waals surface area contributed by atoms with Crippen molar-refractivity contribution in [3.05, 3.63) is 11.8 Å². The molecule has 0 fully saturated rings. The molecule has 9 heteroatoms. The van der Waals surface area contributed by atoms with Gasteiger partial charge in [-0.2, -0.15) is 0 Å². The quantitative estimate of drug-likeness (QED) is 0.836. The molecule has 0 saturated carbocycles. The molecule has 0 unspecified atom stereocenters. The second-order valence-electron chi connectivity index (χ2n) is 2.90. The van der Waals surface area contributed by atoms with Crippen LogP contribution in [-0.2, 0) is 4.74 Å². The molecular weight excluding hydrogens is 259 g/mol. The van der Waals surface area contributed by atoms with E-state index in [1.165, 1.54) is 0 Å². The van der Waals surface area contributed by atoms with Gasteiger partial charge in [-0.1, -0.05) is 0 Å². The van der Waals surface area contributed by atoms with E-state index in [9.17, 15) is 23.1 Å². The van der Waals surface area contributed by atoms with Gasteiger partial charge in [-0.15, -0.1) is 13.2 Å². The van der Waals surface area contributed by atoms with E-state index in [1.54, 1.807) is 0 Å². The number of alkyl halides is 3. The molecular formula is C9H8F3NO5. The first-order chi connectivity index (χ1) is 8.30. The third kappa shape index (κ3) is 2.93. The molecule has 6 nitrogen and oxygen atoms in total. The molecule has 1 N–H and O–H groups in total. The summed E-state index contributed by atoms with van der Waals surface area (Å²) in [6, 6.07) is 0. The molecule has 0 saturated heterocycles. The summed E-state index contributed by atoms with van der Waals surface area (Å²) in [5, 5.41) is 9.33. The molecule has 0 atom stereocenters. The number of nitrogens with zero attached hydrogens (tertiary/aromatic N) is 1. The zero-order valence-electron chi connectivity index (χ0n) is 9.24. The molecule has 0 radical (unpaired) electrons. The van der Waals surface area contributed by atoms with Crippen molar-refractivity contribution in [1.82, 2.24) is 4.98 Å². The standard InChI is InChI=1S/C9H8F3NO5/c1-16-6-4(14)3-13-7(18-9(10,11)12)5(6)8(15)17-2/h3,14H,1-2H3. The van der Waals surface area contributed by atoms with Gasteiger partial charge in [0, 0.05) is 0 Å². The topological polar surface area (TPSA) is 77.9 Å². The van der Waals surface area contributed by atoms with Crippen LogP contribution in [0.1, 0.15) is 10.4 Å². The predicted octanol–water partition coefficient (Wildman–Crippen LogP) is 1.48. The van der Waals surface area contributed by atoms with E-state index in [4.69, 9.17) is 0 Å². The van der Waals surface area contributed by atoms with Crippen molar-refractivity contribution in [3.63, 3.8) is 0 Å². The van der Waals surface area contributed by atoms with Crippen molar-refractivity contribution >= 4 is 5.97 Å². The number of esters is 1. The smallest absolute Gasteiger partial charge is 0.503 e. The largest absolute Gasteiger partial charge is 0.574 e. The van der Waals surface area contributed by atoms with Gasteiger partial charge >= 0.3 is 12.3 Å². The lowest BCUT2D eigenvalue weighted by atomic mass is 10.2. The Labute approximate surface area is 98.9 Å². The Kier molecular flexibility index (Phi) is 3.84. The minimum absolute atomic E-state index is 0.517. The number of rotatable bonds is 3. The molecule has 0 spiro atoms. The second-order valence-corrected chi connectivity index (χ2v) is 2.90. The summed E-state index contributed by atoms with van der Waals surface area (Å²) in [5.41, 5.74) is -0.752. The molecule has 1 heterocycles. The minimum atomic E-state index is -5.04. The van der Waals surface area contributed by atoms with Crippen molar-refractivity contribution in [1.29, 1.82) is 0 Å². The normalized spacial score (nSPS) is 10.9. The Morgan fingerprint density at radius 2 is 2.00 bits per heavy atom. The Morgan fingerprint density at radius 1 is 1.39 bits per heavy atom. The first-order valence-electron chi connectivity index (χ1n) is 4.40. The van der Waals surface area contributed by atoms with Crippen LogP contribution in [-0.4, -0.2) is 36.6 Å². The van der Waals surface area contributed by atoms with Crippen molar-refractivity contribution in [2.45, 2.75) is 6.36 Å². The van der Waals surface area contributed by atoms with Crippen LogP contribution >= 0.6 is 0 Å². The van der Waals surface area contributed by atoms with Gasteiger partial charge in [-0.05, 0) is 0 Å². The summed E-state index contributed by atoms with van der Waals surface area (Å²) in [5.74, 6) is -3.39. The fourth-order valence-corrected chi connectivity index (χ4v) is 1.14. The number of methoxy groups -OCH3 is 2. The number of ether oxygens (including phenoxy) is 3. The third-order valence-electron chi connectivity index (χ3n) is 1.78. The van der Waals surface area contributed by atoms with Crippen LogP contribution in [0.4, 0.5) is 13.2 Å². The Balaban J connectivity index is 3.38. The molecule has 0 bridgehead atoms. The van der Waals surface area contributed by atoms with Crippen molar-refractivity contribution in [2.24, 2.45) is 0 Å². The molecule has 18 heavy (non-hydrogen) atoms. The summed E-state index contributed by atoms with van der Waals surface area (Å²) in [4.78, 5) is 14.5. The van der Waals surface area contributed by atoms with Crippen LogP contribution in [0.5, 0.6) is 17.4 Å². The summed E-state index contributed by atoms with van der Waals surface area (Å²) >= 11 is 0. The lowest BCUT2D eigenvalue weighted by Gasteiger charge is -2.14. The predicted molar refractivity (Wildman–Crippen MR) is 50.5 cm³/mol. The number of hydrogen-bond donors (Lipinski definition) is 1. The number of carbonyl (C=O) groups is 1. The first kappa shape index (κ1) is 13.9. The van der Waals surface area contributed by atoms with E-state index in [1.807, 2.05) is 0 Å². The number of aromatic nitrogens is 1. The summed E-state index contributed by atoms with van der Waals surface area (Å²) in [6.45, 7) is 0. The van der Waals surface area contributed by atoms with Gasteiger partial charge in [0.2, 0.25) is 5.88 Å². The third-order valence-corrected chi connectivity index (χ3v) is 1.78. The number of aromatic hydroxyl groups is 1. The monoisotopic (exact) mass is 267 g/mol. The Hall–Kier alpha value is -2.19. The van der Waals surface area contributed by atoms with Crippen LogP contribution in [0.15, 0.2) is 6.20 Å². The van der Waals surface area contributed by atoms with Gasteiger partial charge in [0.05, 0.1) is 20.4 Å². The zero-order valence-corrected chi connectivity index (χ0v) is 9.24. The van der Waals surface area contributed by atoms with Crippen LogP contribution in [0.25, 0.3) is 0 Å². The molecule has 0 aliphatic carbocycles. The highest BCUT2D eigenvalue weighted by Gasteiger charge is 2.36. The second kappa shape index (κ2) is 4.98. The average Bonchev–Trinajstić information content (AvgIpc) is 2.28. The highest BCUT2D eigenvalue weighted by molar-refractivity contribution is 5.95.